The van der Waals surface area contributed by atoms with E-state index in [1.165, 1.54) is 7.11 Å². The highest BCUT2D eigenvalue weighted by Gasteiger charge is 2.35. The largest absolute Gasteiger partial charge is 0.462 e. The first kappa shape index (κ1) is 22.8. The number of hydrogen-bond donors (Lipinski definition) is 3. The van der Waals surface area contributed by atoms with Gasteiger partial charge in [0, 0.05) is 13.5 Å². The van der Waals surface area contributed by atoms with E-state index in [-0.39, 0.29) is 24.4 Å². The zero-order valence-electron chi connectivity index (χ0n) is 16.2. The lowest BCUT2D eigenvalue weighted by Gasteiger charge is -2.33. The number of esters is 1. The second-order valence-corrected chi connectivity index (χ2v) is 7.18. The Balaban J connectivity index is 3.02. The van der Waals surface area contributed by atoms with Crippen molar-refractivity contribution in [2.75, 3.05) is 7.11 Å². The number of methoxy groups -OCH3 is 1. The highest BCUT2D eigenvalue weighted by molar-refractivity contribution is 5.70. The molecule has 0 spiro atoms. The zero-order chi connectivity index (χ0) is 19.7. The Labute approximate surface area is 156 Å². The molecule has 6 heteroatoms. The lowest BCUT2D eigenvalue weighted by atomic mass is 9.83. The second-order valence-electron chi connectivity index (χ2n) is 7.18. The summed E-state index contributed by atoms with van der Waals surface area (Å²) in [4.78, 5) is 12.0. The monoisotopic (exact) mass is 370 g/mol. The van der Waals surface area contributed by atoms with Gasteiger partial charge in [-0.3, -0.25) is 4.79 Å². The molecular formula is C20H34O6. The van der Waals surface area contributed by atoms with E-state index in [9.17, 15) is 20.1 Å². The molecule has 1 heterocycles. The Hall–Kier alpha value is -1.21. The van der Waals surface area contributed by atoms with Crippen LogP contribution in [0.3, 0.4) is 0 Å². The molecule has 3 N–H and O–H groups in total. The van der Waals surface area contributed by atoms with Crippen molar-refractivity contribution in [3.05, 3.63) is 24.3 Å². The molecule has 0 radical (unpaired) electrons. The van der Waals surface area contributed by atoms with E-state index in [1.54, 1.807) is 19.1 Å². The highest BCUT2D eigenvalue weighted by atomic mass is 16.5. The van der Waals surface area contributed by atoms with Crippen molar-refractivity contribution in [1.29, 1.82) is 0 Å². The predicted molar refractivity (Wildman–Crippen MR) is 99.4 cm³/mol. The first-order valence-corrected chi connectivity index (χ1v) is 9.39. The van der Waals surface area contributed by atoms with Crippen LogP contribution in [0.25, 0.3) is 0 Å². The quantitative estimate of drug-likeness (QED) is 0.643. The van der Waals surface area contributed by atoms with Gasteiger partial charge in [0.15, 0.2) is 0 Å². The molecule has 0 unspecified atom stereocenters. The summed E-state index contributed by atoms with van der Waals surface area (Å²) < 4.78 is 10.6. The number of carbonyl (C=O) groups is 1. The fourth-order valence-electron chi connectivity index (χ4n) is 3.28. The molecule has 1 aliphatic heterocycles. The Bertz CT molecular complexity index is 475. The van der Waals surface area contributed by atoms with Crippen LogP contribution >= 0.6 is 0 Å². The molecule has 1 aliphatic rings. The first-order valence-electron chi connectivity index (χ1n) is 9.39. The van der Waals surface area contributed by atoms with E-state index in [2.05, 4.69) is 0 Å². The average Bonchev–Trinajstić information content (AvgIpc) is 2.58. The number of aliphatic hydroxyl groups is 3. The van der Waals surface area contributed by atoms with E-state index in [0.717, 1.165) is 0 Å². The van der Waals surface area contributed by atoms with Gasteiger partial charge in [0.05, 0.1) is 24.7 Å². The van der Waals surface area contributed by atoms with Gasteiger partial charge < -0.3 is 24.8 Å². The summed E-state index contributed by atoms with van der Waals surface area (Å²) in [5, 5.41) is 31.4. The third-order valence-electron chi connectivity index (χ3n) is 4.98. The normalized spacial score (nSPS) is 40.6. The van der Waals surface area contributed by atoms with Crippen molar-refractivity contribution < 1.29 is 29.6 Å². The minimum Gasteiger partial charge on any atom is -0.462 e. The van der Waals surface area contributed by atoms with Crippen LogP contribution < -0.4 is 0 Å². The van der Waals surface area contributed by atoms with E-state index in [0.29, 0.717) is 19.3 Å². The van der Waals surface area contributed by atoms with Crippen LogP contribution in [0.4, 0.5) is 0 Å². The first-order chi connectivity index (χ1) is 12.3. The Kier molecular flexibility index (Phi) is 10.1. The highest BCUT2D eigenvalue weighted by Crippen LogP contribution is 2.26. The number of carbonyl (C=O) groups excluding carboxylic acids is 1. The van der Waals surface area contributed by atoms with Crippen LogP contribution in [0, 0.1) is 11.8 Å². The van der Waals surface area contributed by atoms with Crippen molar-refractivity contribution in [3.8, 4) is 0 Å². The van der Waals surface area contributed by atoms with Crippen LogP contribution in [-0.4, -0.2) is 58.9 Å². The van der Waals surface area contributed by atoms with Crippen LogP contribution in [0.2, 0.25) is 0 Å². The smallest absolute Gasteiger partial charge is 0.308 e. The molecule has 0 amide bonds. The van der Waals surface area contributed by atoms with Crippen LogP contribution in [0.15, 0.2) is 24.3 Å². The van der Waals surface area contributed by atoms with Crippen molar-refractivity contribution >= 4 is 5.97 Å². The van der Waals surface area contributed by atoms with Gasteiger partial charge in [-0.1, -0.05) is 44.6 Å². The third-order valence-corrected chi connectivity index (χ3v) is 4.98. The summed E-state index contributed by atoms with van der Waals surface area (Å²) >= 11 is 0. The molecule has 6 nitrogen and oxygen atoms in total. The third kappa shape index (κ3) is 7.19. The number of ether oxygens (including phenoxy) is 2. The molecule has 0 bridgehead atoms. The lowest BCUT2D eigenvalue weighted by Crippen LogP contribution is -2.45. The minimum atomic E-state index is -1.16. The molecule has 26 heavy (non-hydrogen) atoms. The molecule has 7 atom stereocenters. The summed E-state index contributed by atoms with van der Waals surface area (Å²) in [5.74, 6) is -0.760. The van der Waals surface area contributed by atoms with Crippen molar-refractivity contribution in [3.63, 3.8) is 0 Å². The van der Waals surface area contributed by atoms with E-state index < -0.39 is 30.4 Å². The topological polar surface area (TPSA) is 96.2 Å². The number of hydrogen-bond acceptors (Lipinski definition) is 6. The van der Waals surface area contributed by atoms with Crippen LogP contribution in [0.5, 0.6) is 0 Å². The van der Waals surface area contributed by atoms with Crippen molar-refractivity contribution in [2.24, 2.45) is 11.8 Å². The number of rotatable bonds is 2. The van der Waals surface area contributed by atoms with Gasteiger partial charge in [0.1, 0.15) is 12.2 Å². The van der Waals surface area contributed by atoms with E-state index in [4.69, 9.17) is 9.47 Å². The molecule has 0 aliphatic carbocycles. The van der Waals surface area contributed by atoms with Gasteiger partial charge >= 0.3 is 5.97 Å². The van der Waals surface area contributed by atoms with Gasteiger partial charge in [-0.05, 0) is 25.2 Å². The molecule has 0 fully saturated rings. The maximum Gasteiger partial charge on any atom is 0.308 e. The minimum absolute atomic E-state index is 0.0642. The molecule has 0 aromatic rings. The van der Waals surface area contributed by atoms with E-state index in [1.807, 2.05) is 26.0 Å². The summed E-state index contributed by atoms with van der Waals surface area (Å²) in [7, 11) is 1.40. The zero-order valence-corrected chi connectivity index (χ0v) is 16.2. The van der Waals surface area contributed by atoms with Gasteiger partial charge in [-0.25, -0.2) is 0 Å². The molecule has 0 aromatic heterocycles. The SMILES string of the molecule is CC[C@H]1C[C@@H](C)[C@H](O)/C=C/C=C/C[C@@H](C)OC(=O)C[C@H](O)[C@@H](OC)[C@@H]1O. The fraction of sp³-hybridized carbons (Fsp3) is 0.750. The van der Waals surface area contributed by atoms with Crippen LogP contribution in [-0.2, 0) is 14.3 Å². The Morgan fingerprint density at radius 2 is 1.92 bits per heavy atom. The summed E-state index contributed by atoms with van der Waals surface area (Å²) in [5.41, 5.74) is 0. The van der Waals surface area contributed by atoms with E-state index >= 15 is 0 Å². The van der Waals surface area contributed by atoms with Gasteiger partial charge in [-0.2, -0.15) is 0 Å². The Morgan fingerprint density at radius 3 is 2.54 bits per heavy atom. The van der Waals surface area contributed by atoms with Crippen molar-refractivity contribution in [1.82, 2.24) is 0 Å². The standard InChI is InChI=1S/C20H34O6/c1-5-15-11-13(2)16(21)10-8-6-7-9-14(3)26-18(23)12-17(22)20(25-4)19(15)24/h6-8,10,13-17,19-22,24H,5,9,11-12H2,1-4H3/b7-6+,10-8+/t13-,14-,15+,16-,17+,19-,20-/m1/s1. The van der Waals surface area contributed by atoms with Crippen molar-refractivity contribution in [2.45, 2.75) is 77.0 Å². The molecule has 0 saturated carbocycles. The lowest BCUT2D eigenvalue weighted by molar-refractivity contribution is -0.156. The Morgan fingerprint density at radius 1 is 1.23 bits per heavy atom. The number of cyclic esters (lactones) is 1. The summed E-state index contributed by atoms with van der Waals surface area (Å²) in [6.07, 6.45) is 4.74. The van der Waals surface area contributed by atoms with Gasteiger partial charge in [-0.15, -0.1) is 0 Å². The molecule has 0 aromatic carbocycles. The molecule has 0 saturated heterocycles. The maximum atomic E-state index is 12.0. The fourth-order valence-corrected chi connectivity index (χ4v) is 3.28. The average molecular weight is 370 g/mol. The molecule has 150 valence electrons. The maximum absolute atomic E-state index is 12.0. The second kappa shape index (κ2) is 11.5. The summed E-state index contributed by atoms with van der Waals surface area (Å²) in [6, 6.07) is 0. The molecule has 1 rings (SSSR count). The predicted octanol–water partition coefficient (Wildman–Crippen LogP) is 1.97. The number of aliphatic hydroxyl groups excluding tert-OH is 3. The molecular weight excluding hydrogens is 336 g/mol. The number of allylic oxidation sites excluding steroid dienone is 2. The van der Waals surface area contributed by atoms with Gasteiger partial charge in [0.2, 0.25) is 0 Å². The van der Waals surface area contributed by atoms with Crippen LogP contribution in [0.1, 0.15) is 46.5 Å². The van der Waals surface area contributed by atoms with Gasteiger partial charge in [0.25, 0.3) is 0 Å². The summed E-state index contributed by atoms with van der Waals surface area (Å²) in [6.45, 7) is 5.64.